The molecule has 0 saturated heterocycles. The van der Waals surface area contributed by atoms with Crippen LogP contribution < -0.4 is 4.90 Å². The van der Waals surface area contributed by atoms with Crippen molar-refractivity contribution in [3.05, 3.63) is 151 Å². The second kappa shape index (κ2) is 10.2. The van der Waals surface area contributed by atoms with Gasteiger partial charge in [-0.15, -0.1) is 0 Å². The molecule has 0 atom stereocenters. The molecule has 0 unspecified atom stereocenters. The van der Waals surface area contributed by atoms with Gasteiger partial charge in [0.1, 0.15) is 5.58 Å². The van der Waals surface area contributed by atoms with Gasteiger partial charge in [0.2, 0.25) is 5.95 Å². The highest BCUT2D eigenvalue weighted by Gasteiger charge is 2.43. The molecular weight excluding hydrogens is 627 g/mol. The first-order valence-electron chi connectivity index (χ1n) is 17.2. The number of benzene rings is 6. The molecular formula is C45H29N5O. The summed E-state index contributed by atoms with van der Waals surface area (Å²) in [6, 6.07) is 42.1. The summed E-state index contributed by atoms with van der Waals surface area (Å²) in [6.07, 6.45) is 5.72. The second-order valence-corrected chi connectivity index (χ2v) is 13.8. The summed E-state index contributed by atoms with van der Waals surface area (Å²) in [5, 5.41) is 9.79. The number of fused-ring (bicyclic) bond motifs is 15. The Hall–Kier alpha value is -6.66. The van der Waals surface area contributed by atoms with E-state index >= 15 is 0 Å². The average molecular weight is 656 g/mol. The fourth-order valence-corrected chi connectivity index (χ4v) is 8.55. The molecule has 0 aliphatic carbocycles. The average Bonchev–Trinajstić information content (AvgIpc) is 3.58. The summed E-state index contributed by atoms with van der Waals surface area (Å²) in [4.78, 5) is 23.0. The summed E-state index contributed by atoms with van der Waals surface area (Å²) in [7, 11) is 0. The molecule has 1 aliphatic rings. The minimum absolute atomic E-state index is 0.489. The number of rotatable bonds is 2. The van der Waals surface area contributed by atoms with Crippen LogP contribution in [0.25, 0.3) is 76.4 Å². The first kappa shape index (κ1) is 28.2. The lowest BCUT2D eigenvalue weighted by Crippen LogP contribution is -2.33. The highest BCUT2D eigenvalue weighted by molar-refractivity contribution is 6.28. The molecule has 0 radical (unpaired) electrons. The second-order valence-electron chi connectivity index (χ2n) is 13.8. The van der Waals surface area contributed by atoms with Gasteiger partial charge in [-0.1, -0.05) is 97.1 Å². The SMILES string of the molecule is CC1(C)c2ncccc2N(c2nc(-c3ccccc3)c3c4ccccc4c4ccccc4c3n2)c2c1c1ccncc1c1c2oc2ccccc21. The molecule has 0 amide bonds. The van der Waals surface area contributed by atoms with Crippen LogP contribution in [-0.2, 0) is 5.41 Å². The lowest BCUT2D eigenvalue weighted by Gasteiger charge is -2.40. The zero-order valence-corrected chi connectivity index (χ0v) is 27.9. The zero-order chi connectivity index (χ0) is 33.8. The predicted octanol–water partition coefficient (Wildman–Crippen LogP) is 11.6. The number of pyridine rings is 2. The van der Waals surface area contributed by atoms with Gasteiger partial charge >= 0.3 is 0 Å². The van der Waals surface area contributed by atoms with E-state index in [2.05, 4.69) is 121 Å². The molecule has 0 bridgehead atoms. The molecule has 5 heterocycles. The zero-order valence-electron chi connectivity index (χ0n) is 27.9. The molecule has 0 N–H and O–H groups in total. The number of hydrogen-bond acceptors (Lipinski definition) is 6. The monoisotopic (exact) mass is 655 g/mol. The van der Waals surface area contributed by atoms with Crippen molar-refractivity contribution in [3.63, 3.8) is 0 Å². The van der Waals surface area contributed by atoms with Crippen molar-refractivity contribution in [1.29, 1.82) is 0 Å². The lowest BCUT2D eigenvalue weighted by atomic mass is 9.74. The van der Waals surface area contributed by atoms with E-state index in [-0.39, 0.29) is 0 Å². The Balaban J connectivity index is 1.37. The highest BCUT2D eigenvalue weighted by Crippen LogP contribution is 2.57. The summed E-state index contributed by atoms with van der Waals surface area (Å²) < 4.78 is 6.90. The van der Waals surface area contributed by atoms with Crippen molar-refractivity contribution in [1.82, 2.24) is 19.9 Å². The van der Waals surface area contributed by atoms with E-state index in [9.17, 15) is 0 Å². The molecule has 6 heteroatoms. The quantitative estimate of drug-likeness (QED) is 0.173. The minimum atomic E-state index is -0.489. The number of para-hydroxylation sites is 1. The molecule has 51 heavy (non-hydrogen) atoms. The van der Waals surface area contributed by atoms with E-state index in [1.54, 1.807) is 0 Å². The Labute approximate surface area is 292 Å². The molecule has 6 nitrogen and oxygen atoms in total. The number of nitrogens with zero attached hydrogens (tertiary/aromatic N) is 5. The van der Waals surface area contributed by atoms with Gasteiger partial charge in [-0.2, -0.15) is 0 Å². The van der Waals surface area contributed by atoms with Crippen LogP contribution in [0.15, 0.2) is 144 Å². The highest BCUT2D eigenvalue weighted by atomic mass is 16.3. The normalized spacial score (nSPS) is 13.8. The van der Waals surface area contributed by atoms with Gasteiger partial charge in [0.25, 0.3) is 0 Å². The minimum Gasteiger partial charge on any atom is -0.454 e. The van der Waals surface area contributed by atoms with E-state index in [1.807, 2.05) is 42.9 Å². The Bertz CT molecular complexity index is 3070. The predicted molar refractivity (Wildman–Crippen MR) is 207 cm³/mol. The van der Waals surface area contributed by atoms with E-state index in [1.165, 1.54) is 5.39 Å². The van der Waals surface area contributed by atoms with Crippen molar-refractivity contribution in [2.45, 2.75) is 19.3 Å². The largest absolute Gasteiger partial charge is 0.454 e. The van der Waals surface area contributed by atoms with Gasteiger partial charge in [-0.3, -0.25) is 14.9 Å². The number of hydrogen-bond donors (Lipinski definition) is 0. The lowest BCUT2D eigenvalue weighted by molar-refractivity contribution is 0.607. The van der Waals surface area contributed by atoms with Gasteiger partial charge in [-0.05, 0) is 65.2 Å². The molecule has 240 valence electrons. The van der Waals surface area contributed by atoms with Crippen molar-refractivity contribution in [2.75, 3.05) is 4.90 Å². The van der Waals surface area contributed by atoms with Crippen LogP contribution in [0.2, 0.25) is 0 Å². The third-order valence-corrected chi connectivity index (χ3v) is 10.7. The summed E-state index contributed by atoms with van der Waals surface area (Å²) in [5.41, 5.74) is 7.81. The maximum atomic E-state index is 6.90. The molecule has 4 aromatic heterocycles. The first-order chi connectivity index (χ1) is 25.1. The fraction of sp³-hybridized carbons (Fsp3) is 0.0667. The number of aromatic nitrogens is 4. The third-order valence-electron chi connectivity index (χ3n) is 10.7. The Morgan fingerprint density at radius 2 is 1.29 bits per heavy atom. The summed E-state index contributed by atoms with van der Waals surface area (Å²) in [5.74, 6) is 0.558. The van der Waals surface area contributed by atoms with Gasteiger partial charge < -0.3 is 4.42 Å². The van der Waals surface area contributed by atoms with E-state index in [0.29, 0.717) is 5.95 Å². The van der Waals surface area contributed by atoms with Crippen LogP contribution in [-0.4, -0.2) is 19.9 Å². The van der Waals surface area contributed by atoms with Crippen molar-refractivity contribution in [2.24, 2.45) is 0 Å². The molecule has 10 aromatic rings. The van der Waals surface area contributed by atoms with Gasteiger partial charge in [-0.25, -0.2) is 9.97 Å². The molecule has 11 rings (SSSR count). The van der Waals surface area contributed by atoms with Crippen LogP contribution in [0, 0.1) is 0 Å². The first-order valence-corrected chi connectivity index (χ1v) is 17.2. The van der Waals surface area contributed by atoms with Crippen LogP contribution >= 0.6 is 0 Å². The maximum absolute atomic E-state index is 6.90. The topological polar surface area (TPSA) is 67.9 Å². The van der Waals surface area contributed by atoms with Crippen molar-refractivity contribution < 1.29 is 4.42 Å². The third kappa shape index (κ3) is 3.76. The summed E-state index contributed by atoms with van der Waals surface area (Å²) >= 11 is 0. The van der Waals surface area contributed by atoms with Crippen LogP contribution in [0.1, 0.15) is 25.1 Å². The van der Waals surface area contributed by atoms with Crippen molar-refractivity contribution in [3.8, 4) is 11.3 Å². The Morgan fingerprint density at radius 1 is 0.588 bits per heavy atom. The molecule has 0 fully saturated rings. The number of furan rings is 1. The molecule has 0 saturated carbocycles. The van der Waals surface area contributed by atoms with E-state index in [0.717, 1.165) is 93.7 Å². The molecule has 0 spiro atoms. The molecule has 6 aromatic carbocycles. The van der Waals surface area contributed by atoms with Crippen LogP contribution in [0.5, 0.6) is 0 Å². The standard InChI is InChI=1S/C45H29N5O/c1-45(2)38-30-22-24-46-25-33(30)36-32-19-10-11-21-35(32)51-42(36)41(38)50(34-20-12-23-47-43(34)45)44-48-39(26-13-4-3-5-14-26)37-29-17-8-6-15-27(29)28-16-7-9-18-31(28)40(37)49-44/h3-25H,1-2H3. The van der Waals surface area contributed by atoms with Crippen LogP contribution in [0.4, 0.5) is 17.3 Å². The van der Waals surface area contributed by atoms with E-state index < -0.39 is 5.41 Å². The maximum Gasteiger partial charge on any atom is 0.235 e. The van der Waals surface area contributed by atoms with Crippen LogP contribution in [0.3, 0.4) is 0 Å². The van der Waals surface area contributed by atoms with E-state index in [4.69, 9.17) is 19.4 Å². The smallest absolute Gasteiger partial charge is 0.235 e. The number of anilines is 3. The van der Waals surface area contributed by atoms with Gasteiger partial charge in [0, 0.05) is 56.5 Å². The van der Waals surface area contributed by atoms with Crippen molar-refractivity contribution >= 4 is 82.5 Å². The molecule has 1 aliphatic heterocycles. The fourth-order valence-electron chi connectivity index (χ4n) is 8.55. The van der Waals surface area contributed by atoms with Gasteiger partial charge in [0.05, 0.1) is 28.3 Å². The Kier molecular flexibility index (Phi) is 5.63. The summed E-state index contributed by atoms with van der Waals surface area (Å²) in [6.45, 7) is 4.50. The van der Waals surface area contributed by atoms with Gasteiger partial charge in [0.15, 0.2) is 5.58 Å². The Morgan fingerprint density at radius 3 is 2.12 bits per heavy atom.